The first-order valence-electron chi connectivity index (χ1n) is 7.65. The summed E-state index contributed by atoms with van der Waals surface area (Å²) in [5, 5.41) is 11.9. The maximum Gasteiger partial charge on any atom is 0.231 e. The summed E-state index contributed by atoms with van der Waals surface area (Å²) in [5.74, 6) is -1.34. The molecule has 6 nitrogen and oxygen atoms in total. The minimum Gasteiger partial charge on any atom is -0.309 e. The van der Waals surface area contributed by atoms with Crippen LogP contribution >= 0.6 is 11.3 Å². The van der Waals surface area contributed by atoms with E-state index in [2.05, 4.69) is 15.5 Å². The first kappa shape index (κ1) is 16.5. The third-order valence-electron chi connectivity index (χ3n) is 3.80. The molecule has 2 aromatic rings. The van der Waals surface area contributed by atoms with Gasteiger partial charge in [-0.25, -0.2) is 4.39 Å². The molecule has 1 fully saturated rings. The molecule has 24 heavy (non-hydrogen) atoms. The Morgan fingerprint density at radius 3 is 2.79 bits per heavy atom. The molecule has 1 saturated heterocycles. The van der Waals surface area contributed by atoms with Crippen molar-refractivity contribution in [3.05, 3.63) is 35.1 Å². The number of rotatable bonds is 4. The molecule has 0 bridgehead atoms. The van der Waals surface area contributed by atoms with Crippen molar-refractivity contribution in [2.45, 2.75) is 26.2 Å². The molecule has 1 unspecified atom stereocenters. The SMILES string of the molecule is CC(C)c1nnc(NC(=O)C2CC(=O)N(c3ccccc3F)C2)s1. The Labute approximate surface area is 142 Å². The molecule has 2 amide bonds. The highest BCUT2D eigenvalue weighted by Crippen LogP contribution is 2.29. The van der Waals surface area contributed by atoms with E-state index < -0.39 is 11.7 Å². The molecule has 0 spiro atoms. The molecule has 0 aliphatic carbocycles. The molecular weight excluding hydrogens is 331 g/mol. The highest BCUT2D eigenvalue weighted by atomic mass is 32.1. The van der Waals surface area contributed by atoms with E-state index >= 15 is 0 Å². The van der Waals surface area contributed by atoms with Gasteiger partial charge in [-0.3, -0.25) is 9.59 Å². The monoisotopic (exact) mass is 348 g/mol. The number of halogens is 1. The standard InChI is InChI=1S/C16H17FN4O2S/c1-9(2)15-19-20-16(24-15)18-14(23)10-7-13(22)21(8-10)12-6-4-3-5-11(12)17/h3-6,9-10H,7-8H2,1-2H3,(H,18,20,23). The molecular formula is C16H17FN4O2S. The van der Waals surface area contributed by atoms with Crippen LogP contribution in [0.15, 0.2) is 24.3 Å². The normalized spacial score (nSPS) is 17.6. The second-order valence-electron chi connectivity index (χ2n) is 5.95. The molecule has 1 atom stereocenters. The summed E-state index contributed by atoms with van der Waals surface area (Å²) in [5.41, 5.74) is 0.204. The van der Waals surface area contributed by atoms with E-state index in [9.17, 15) is 14.0 Å². The van der Waals surface area contributed by atoms with Crippen LogP contribution in [0.1, 0.15) is 31.2 Å². The number of benzene rings is 1. The van der Waals surface area contributed by atoms with Crippen molar-refractivity contribution >= 4 is 34.0 Å². The molecule has 0 radical (unpaired) electrons. The van der Waals surface area contributed by atoms with Crippen LogP contribution in [0.5, 0.6) is 0 Å². The Bertz CT molecular complexity index is 777. The van der Waals surface area contributed by atoms with Gasteiger partial charge < -0.3 is 10.2 Å². The Balaban J connectivity index is 1.68. The summed E-state index contributed by atoms with van der Waals surface area (Å²) in [6, 6.07) is 6.05. The van der Waals surface area contributed by atoms with Gasteiger partial charge in [0.2, 0.25) is 16.9 Å². The minimum absolute atomic E-state index is 0.0516. The summed E-state index contributed by atoms with van der Waals surface area (Å²) in [7, 11) is 0. The van der Waals surface area contributed by atoms with E-state index in [1.54, 1.807) is 12.1 Å². The molecule has 1 aromatic carbocycles. The second kappa shape index (κ2) is 6.64. The van der Waals surface area contributed by atoms with Crippen molar-refractivity contribution < 1.29 is 14.0 Å². The molecule has 2 heterocycles. The van der Waals surface area contributed by atoms with Crippen LogP contribution in [0.4, 0.5) is 15.2 Å². The van der Waals surface area contributed by atoms with Crippen molar-refractivity contribution in [3.63, 3.8) is 0 Å². The number of carbonyl (C=O) groups is 2. The molecule has 1 aliphatic heterocycles. The van der Waals surface area contributed by atoms with Gasteiger partial charge in [-0.1, -0.05) is 37.3 Å². The molecule has 0 saturated carbocycles. The van der Waals surface area contributed by atoms with Gasteiger partial charge in [0.1, 0.15) is 10.8 Å². The van der Waals surface area contributed by atoms with Crippen LogP contribution in [-0.4, -0.2) is 28.6 Å². The molecule has 1 aromatic heterocycles. The van der Waals surface area contributed by atoms with E-state index in [4.69, 9.17) is 0 Å². The van der Waals surface area contributed by atoms with Crippen molar-refractivity contribution in [1.82, 2.24) is 10.2 Å². The maximum atomic E-state index is 13.9. The fourth-order valence-electron chi connectivity index (χ4n) is 2.51. The number of hydrogen-bond donors (Lipinski definition) is 1. The summed E-state index contributed by atoms with van der Waals surface area (Å²) < 4.78 is 13.9. The zero-order valence-electron chi connectivity index (χ0n) is 13.3. The predicted octanol–water partition coefficient (Wildman–Crippen LogP) is 2.79. The van der Waals surface area contributed by atoms with Gasteiger partial charge in [0, 0.05) is 18.9 Å². The number of nitrogens with zero attached hydrogens (tertiary/aromatic N) is 3. The average molecular weight is 348 g/mol. The maximum absolute atomic E-state index is 13.9. The Kier molecular flexibility index (Phi) is 4.57. The quantitative estimate of drug-likeness (QED) is 0.922. The van der Waals surface area contributed by atoms with Gasteiger partial charge >= 0.3 is 0 Å². The lowest BCUT2D eigenvalue weighted by Crippen LogP contribution is -2.28. The van der Waals surface area contributed by atoms with Gasteiger partial charge in [0.05, 0.1) is 11.6 Å². The van der Waals surface area contributed by atoms with Crippen LogP contribution in [0.25, 0.3) is 0 Å². The third-order valence-corrected chi connectivity index (χ3v) is 4.94. The van der Waals surface area contributed by atoms with Crippen LogP contribution in [0.2, 0.25) is 0 Å². The van der Waals surface area contributed by atoms with E-state index in [-0.39, 0.29) is 36.4 Å². The van der Waals surface area contributed by atoms with E-state index in [1.165, 1.54) is 28.4 Å². The fourth-order valence-corrected chi connectivity index (χ4v) is 3.26. The summed E-state index contributed by atoms with van der Waals surface area (Å²) in [6.45, 7) is 4.14. The van der Waals surface area contributed by atoms with Gasteiger partial charge in [0.25, 0.3) is 0 Å². The van der Waals surface area contributed by atoms with Crippen molar-refractivity contribution in [1.29, 1.82) is 0 Å². The number of amides is 2. The fraction of sp³-hybridized carbons (Fsp3) is 0.375. The highest BCUT2D eigenvalue weighted by molar-refractivity contribution is 7.15. The zero-order valence-corrected chi connectivity index (χ0v) is 14.1. The second-order valence-corrected chi connectivity index (χ2v) is 6.96. The van der Waals surface area contributed by atoms with Gasteiger partial charge in [-0.05, 0) is 12.1 Å². The Morgan fingerprint density at radius 2 is 2.12 bits per heavy atom. The van der Waals surface area contributed by atoms with Gasteiger partial charge in [-0.2, -0.15) is 0 Å². The van der Waals surface area contributed by atoms with Crippen LogP contribution in [-0.2, 0) is 9.59 Å². The van der Waals surface area contributed by atoms with Crippen molar-refractivity contribution in [3.8, 4) is 0 Å². The van der Waals surface area contributed by atoms with Crippen LogP contribution in [0, 0.1) is 11.7 Å². The third kappa shape index (κ3) is 3.28. The molecule has 126 valence electrons. The molecule has 1 aliphatic rings. The zero-order chi connectivity index (χ0) is 17.3. The summed E-state index contributed by atoms with van der Waals surface area (Å²) in [6.07, 6.45) is 0.0516. The minimum atomic E-state index is -0.538. The van der Waals surface area contributed by atoms with Gasteiger partial charge in [0.15, 0.2) is 0 Å². The lowest BCUT2D eigenvalue weighted by Gasteiger charge is -2.17. The molecule has 8 heteroatoms. The van der Waals surface area contributed by atoms with E-state index in [1.807, 2.05) is 13.8 Å². The smallest absolute Gasteiger partial charge is 0.231 e. The van der Waals surface area contributed by atoms with Crippen LogP contribution in [0.3, 0.4) is 0 Å². The predicted molar refractivity (Wildman–Crippen MR) is 89.5 cm³/mol. The Hall–Kier alpha value is -2.35. The number of anilines is 2. The van der Waals surface area contributed by atoms with Crippen molar-refractivity contribution in [2.75, 3.05) is 16.8 Å². The number of carbonyl (C=O) groups excluding carboxylic acids is 2. The van der Waals surface area contributed by atoms with E-state index in [0.29, 0.717) is 5.13 Å². The Morgan fingerprint density at radius 1 is 1.38 bits per heavy atom. The topological polar surface area (TPSA) is 75.2 Å². The molecule has 3 rings (SSSR count). The van der Waals surface area contributed by atoms with Crippen molar-refractivity contribution in [2.24, 2.45) is 5.92 Å². The lowest BCUT2D eigenvalue weighted by molar-refractivity contribution is -0.122. The average Bonchev–Trinajstić information content (AvgIpc) is 3.15. The number of nitrogens with one attached hydrogen (secondary N) is 1. The van der Waals surface area contributed by atoms with Gasteiger partial charge in [-0.15, -0.1) is 10.2 Å². The first-order valence-corrected chi connectivity index (χ1v) is 8.46. The summed E-state index contributed by atoms with van der Waals surface area (Å²) in [4.78, 5) is 25.8. The number of aromatic nitrogens is 2. The van der Waals surface area contributed by atoms with E-state index in [0.717, 1.165) is 5.01 Å². The summed E-state index contributed by atoms with van der Waals surface area (Å²) >= 11 is 1.32. The highest BCUT2D eigenvalue weighted by Gasteiger charge is 2.36. The number of para-hydroxylation sites is 1. The lowest BCUT2D eigenvalue weighted by atomic mass is 10.1. The largest absolute Gasteiger partial charge is 0.309 e. The molecule has 1 N–H and O–H groups in total. The first-order chi connectivity index (χ1) is 11.5. The number of hydrogen-bond acceptors (Lipinski definition) is 5. The van der Waals surface area contributed by atoms with Crippen LogP contribution < -0.4 is 10.2 Å².